The predicted molar refractivity (Wildman–Crippen MR) is 69.3 cm³/mol. The van der Waals surface area contributed by atoms with Gasteiger partial charge in [0.25, 0.3) is 15.9 Å². The van der Waals surface area contributed by atoms with Crippen molar-refractivity contribution in [3.05, 3.63) is 30.3 Å². The second-order valence-electron chi connectivity index (χ2n) is 4.03. The Morgan fingerprint density at radius 3 is 2.50 bits per heavy atom. The minimum atomic E-state index is -3.81. The van der Waals surface area contributed by atoms with Crippen LogP contribution in [0.1, 0.15) is 26.2 Å². The van der Waals surface area contributed by atoms with Crippen LogP contribution in [0, 0.1) is 0 Å². The minimum Gasteiger partial charge on any atom is -0.320 e. The summed E-state index contributed by atoms with van der Waals surface area (Å²) in [5, 5.41) is 0. The van der Waals surface area contributed by atoms with E-state index in [4.69, 9.17) is 5.73 Å². The van der Waals surface area contributed by atoms with Gasteiger partial charge in [0.1, 0.15) is 0 Å². The highest BCUT2D eigenvalue weighted by molar-refractivity contribution is 7.90. The molecule has 5 nitrogen and oxygen atoms in total. The summed E-state index contributed by atoms with van der Waals surface area (Å²) in [5.74, 6) is -0.660. The number of carbonyl (C=O) groups excluding carboxylic acids is 1. The molecule has 0 aliphatic carbocycles. The molecule has 0 aliphatic rings. The van der Waals surface area contributed by atoms with Crippen LogP contribution in [0.2, 0.25) is 0 Å². The summed E-state index contributed by atoms with van der Waals surface area (Å²) < 4.78 is 25.7. The fourth-order valence-electron chi connectivity index (χ4n) is 1.42. The fourth-order valence-corrected chi connectivity index (χ4v) is 2.47. The van der Waals surface area contributed by atoms with E-state index in [1.807, 2.05) is 11.6 Å². The van der Waals surface area contributed by atoms with Crippen molar-refractivity contribution in [2.75, 3.05) is 0 Å². The van der Waals surface area contributed by atoms with Crippen LogP contribution in [0.25, 0.3) is 0 Å². The molecule has 0 heterocycles. The van der Waals surface area contributed by atoms with E-state index in [1.54, 1.807) is 18.2 Å². The van der Waals surface area contributed by atoms with E-state index in [-0.39, 0.29) is 4.90 Å². The van der Waals surface area contributed by atoms with Gasteiger partial charge in [0.15, 0.2) is 0 Å². The molecule has 0 saturated heterocycles. The zero-order valence-corrected chi connectivity index (χ0v) is 11.1. The van der Waals surface area contributed by atoms with Crippen molar-refractivity contribution in [1.29, 1.82) is 0 Å². The van der Waals surface area contributed by atoms with Crippen LogP contribution in [0.5, 0.6) is 0 Å². The molecule has 18 heavy (non-hydrogen) atoms. The van der Waals surface area contributed by atoms with Gasteiger partial charge in [-0.2, -0.15) is 0 Å². The predicted octanol–water partition coefficient (Wildman–Crippen LogP) is 1.01. The Kier molecular flexibility index (Phi) is 5.30. The summed E-state index contributed by atoms with van der Waals surface area (Å²) in [7, 11) is -3.81. The topological polar surface area (TPSA) is 89.3 Å². The Bertz CT molecular complexity index is 485. The van der Waals surface area contributed by atoms with Gasteiger partial charge in [-0.05, 0) is 18.6 Å². The molecule has 0 unspecified atom stereocenters. The third-order valence-corrected chi connectivity index (χ3v) is 3.86. The molecule has 0 saturated carbocycles. The lowest BCUT2D eigenvalue weighted by Crippen LogP contribution is -2.43. The van der Waals surface area contributed by atoms with Crippen molar-refractivity contribution in [2.24, 2.45) is 5.73 Å². The van der Waals surface area contributed by atoms with Gasteiger partial charge in [-0.25, -0.2) is 13.1 Å². The zero-order chi connectivity index (χ0) is 13.6. The fraction of sp³-hybridized carbons (Fsp3) is 0.417. The van der Waals surface area contributed by atoms with Crippen molar-refractivity contribution < 1.29 is 13.2 Å². The van der Waals surface area contributed by atoms with E-state index >= 15 is 0 Å². The molecule has 1 aromatic carbocycles. The number of nitrogens with one attached hydrogen (secondary N) is 1. The van der Waals surface area contributed by atoms with E-state index in [1.165, 1.54) is 12.1 Å². The highest BCUT2D eigenvalue weighted by Crippen LogP contribution is 2.07. The highest BCUT2D eigenvalue weighted by Gasteiger charge is 2.21. The number of nitrogens with two attached hydrogens (primary N) is 1. The first-order chi connectivity index (χ1) is 8.47. The average Bonchev–Trinajstić information content (AvgIpc) is 2.36. The lowest BCUT2D eigenvalue weighted by atomic mass is 10.1. The zero-order valence-electron chi connectivity index (χ0n) is 10.3. The van der Waals surface area contributed by atoms with Crippen molar-refractivity contribution in [2.45, 2.75) is 37.1 Å². The molecule has 1 aromatic rings. The number of hydrogen-bond donors (Lipinski definition) is 2. The van der Waals surface area contributed by atoms with Crippen molar-refractivity contribution in [1.82, 2.24) is 4.72 Å². The normalized spacial score (nSPS) is 13.0. The molecule has 1 atom stereocenters. The Hall–Kier alpha value is -1.40. The molecule has 6 heteroatoms. The Balaban J connectivity index is 2.70. The average molecular weight is 270 g/mol. The van der Waals surface area contributed by atoms with Gasteiger partial charge in [-0.1, -0.05) is 38.0 Å². The molecule has 0 radical (unpaired) electrons. The molecule has 0 fully saturated rings. The second kappa shape index (κ2) is 6.51. The number of amides is 1. The molecule has 0 spiro atoms. The second-order valence-corrected chi connectivity index (χ2v) is 5.71. The summed E-state index contributed by atoms with van der Waals surface area (Å²) in [6.07, 6.45) is 2.18. The van der Waals surface area contributed by atoms with Crippen molar-refractivity contribution >= 4 is 15.9 Å². The third kappa shape index (κ3) is 4.12. The van der Waals surface area contributed by atoms with Gasteiger partial charge < -0.3 is 5.73 Å². The summed E-state index contributed by atoms with van der Waals surface area (Å²) >= 11 is 0. The molecule has 0 aromatic heterocycles. The molecule has 3 N–H and O–H groups in total. The lowest BCUT2D eigenvalue weighted by molar-refractivity contribution is -0.120. The molecule has 0 bridgehead atoms. The standard InChI is InChI=1S/C12H18N2O3S/c1-2-3-9-11(13)12(15)14-18(16,17)10-7-5-4-6-8-10/h4-8,11H,2-3,9,13H2,1H3,(H,14,15)/t11-/m0/s1. The van der Waals surface area contributed by atoms with Gasteiger partial charge >= 0.3 is 0 Å². The van der Waals surface area contributed by atoms with E-state index in [2.05, 4.69) is 0 Å². The highest BCUT2D eigenvalue weighted by atomic mass is 32.2. The maximum absolute atomic E-state index is 11.8. The van der Waals surface area contributed by atoms with E-state index in [0.717, 1.165) is 12.8 Å². The van der Waals surface area contributed by atoms with Gasteiger partial charge in [0.2, 0.25) is 0 Å². The van der Waals surface area contributed by atoms with Crippen molar-refractivity contribution in [3.8, 4) is 0 Å². The number of sulfonamides is 1. The van der Waals surface area contributed by atoms with E-state index < -0.39 is 22.0 Å². The monoisotopic (exact) mass is 270 g/mol. The maximum atomic E-state index is 11.8. The van der Waals surface area contributed by atoms with Crippen molar-refractivity contribution in [3.63, 3.8) is 0 Å². The smallest absolute Gasteiger partial charge is 0.264 e. The first-order valence-electron chi connectivity index (χ1n) is 5.84. The summed E-state index contributed by atoms with van der Waals surface area (Å²) in [6, 6.07) is 6.95. The number of rotatable bonds is 6. The third-order valence-electron chi connectivity index (χ3n) is 2.49. The van der Waals surface area contributed by atoms with E-state index in [0.29, 0.717) is 6.42 Å². The minimum absolute atomic E-state index is 0.0565. The summed E-state index contributed by atoms with van der Waals surface area (Å²) in [6.45, 7) is 1.98. The van der Waals surface area contributed by atoms with E-state index in [9.17, 15) is 13.2 Å². The maximum Gasteiger partial charge on any atom is 0.264 e. The SMILES string of the molecule is CCCC[C@H](N)C(=O)NS(=O)(=O)c1ccccc1. The Morgan fingerprint density at radius 1 is 1.33 bits per heavy atom. The lowest BCUT2D eigenvalue weighted by Gasteiger charge is -2.12. The summed E-state index contributed by atoms with van der Waals surface area (Å²) in [4.78, 5) is 11.7. The quantitative estimate of drug-likeness (QED) is 0.807. The van der Waals surface area contributed by atoms with Gasteiger partial charge in [0.05, 0.1) is 10.9 Å². The molecular weight excluding hydrogens is 252 g/mol. The molecular formula is C12H18N2O3S. The number of carbonyl (C=O) groups is 1. The van der Waals surface area contributed by atoms with Crippen LogP contribution in [0.3, 0.4) is 0 Å². The largest absolute Gasteiger partial charge is 0.320 e. The van der Waals surface area contributed by atoms with Gasteiger partial charge in [-0.3, -0.25) is 4.79 Å². The number of benzene rings is 1. The number of hydrogen-bond acceptors (Lipinski definition) is 4. The van der Waals surface area contributed by atoms with Crippen LogP contribution in [-0.2, 0) is 14.8 Å². The van der Waals surface area contributed by atoms with Crippen LogP contribution in [0.4, 0.5) is 0 Å². The van der Waals surface area contributed by atoms with Crippen LogP contribution < -0.4 is 10.5 Å². The van der Waals surface area contributed by atoms with Crippen LogP contribution in [-0.4, -0.2) is 20.4 Å². The molecule has 1 amide bonds. The van der Waals surface area contributed by atoms with Crippen LogP contribution >= 0.6 is 0 Å². The molecule has 1 rings (SSSR count). The Labute approximate surface area is 107 Å². The Morgan fingerprint density at radius 2 is 1.94 bits per heavy atom. The summed E-state index contributed by atoms with van der Waals surface area (Å²) in [5.41, 5.74) is 5.61. The van der Waals surface area contributed by atoms with Crippen LogP contribution in [0.15, 0.2) is 35.2 Å². The molecule has 0 aliphatic heterocycles. The molecule has 100 valence electrons. The number of unbranched alkanes of at least 4 members (excludes halogenated alkanes) is 1. The van der Waals surface area contributed by atoms with Gasteiger partial charge in [-0.15, -0.1) is 0 Å². The first kappa shape index (κ1) is 14.7. The van der Waals surface area contributed by atoms with Gasteiger partial charge in [0, 0.05) is 0 Å². The first-order valence-corrected chi connectivity index (χ1v) is 7.33.